The number of hydrogen-bond donors (Lipinski definition) is 3. The van der Waals surface area contributed by atoms with Crippen LogP contribution in [0.1, 0.15) is 200 Å². The van der Waals surface area contributed by atoms with Gasteiger partial charge in [-0.05, 0) is 99.7 Å². The Bertz CT molecular complexity index is 4290. The smallest absolute Gasteiger partial charge is 0.251 e. The van der Waals surface area contributed by atoms with E-state index in [-0.39, 0.29) is 43.8 Å². The van der Waals surface area contributed by atoms with Crippen molar-refractivity contribution in [1.29, 1.82) is 0 Å². The maximum absolute atomic E-state index is 11.4. The van der Waals surface area contributed by atoms with Crippen molar-refractivity contribution >= 4 is 87.6 Å². The lowest BCUT2D eigenvalue weighted by Crippen LogP contribution is -2.14. The van der Waals surface area contributed by atoms with Gasteiger partial charge in [0.05, 0.1) is 47.9 Å². The quantitative estimate of drug-likeness (QED) is 0.132. The van der Waals surface area contributed by atoms with Crippen molar-refractivity contribution in [2.75, 3.05) is 0 Å². The SMILES string of the molecule is CC(C)(C)c1[nH]nc2ccccc12.CC(C)(C)c1[nH]nc2ncccc12.CC(C)(C)c1ccc2c(c1)C(=O)NC2.CC(C)(C)c1ccc2ncsc2c1.CC(C)(C)c1cccn2cnnc12.CC(C)(C)c1nc2ccccc2s1.CC(C)(C)c1noc2ccccc12. The lowest BCUT2D eigenvalue weighted by Gasteiger charge is -2.19. The Morgan fingerprint density at radius 3 is 1.78 bits per heavy atom. The average molecular weight is 1270 g/mol. The van der Waals surface area contributed by atoms with Crippen molar-refractivity contribution < 1.29 is 9.32 Å². The molecule has 0 unspecified atom stereocenters. The molecule has 14 nitrogen and oxygen atoms in total. The van der Waals surface area contributed by atoms with Crippen molar-refractivity contribution in [3.8, 4) is 0 Å². The Hall–Kier alpha value is -8.47. The third-order valence-corrected chi connectivity index (χ3v) is 17.6. The van der Waals surface area contributed by atoms with Crippen molar-refractivity contribution in [2.45, 2.75) is 190 Å². The summed E-state index contributed by atoms with van der Waals surface area (Å²) in [4.78, 5) is 24.5. The fourth-order valence-corrected chi connectivity index (χ4v) is 11.7. The van der Waals surface area contributed by atoms with Crippen LogP contribution in [-0.2, 0) is 44.4 Å². The molecule has 0 aliphatic carbocycles. The number of carbonyl (C=O) groups excluding carboxylic acids is 1. The molecule has 1 aliphatic heterocycles. The summed E-state index contributed by atoms with van der Waals surface area (Å²) >= 11 is 3.50. The van der Waals surface area contributed by atoms with Gasteiger partial charge in [-0.25, -0.2) is 15.0 Å². The van der Waals surface area contributed by atoms with Gasteiger partial charge in [-0.1, -0.05) is 217 Å². The number of aromatic amines is 2. The van der Waals surface area contributed by atoms with Gasteiger partial charge >= 0.3 is 0 Å². The lowest BCUT2D eigenvalue weighted by molar-refractivity contribution is 0.0965. The Morgan fingerprint density at radius 2 is 1.13 bits per heavy atom. The van der Waals surface area contributed by atoms with Gasteiger partial charge in [0.2, 0.25) is 0 Å². The van der Waals surface area contributed by atoms with E-state index in [0.717, 1.165) is 66.7 Å². The average Bonchev–Trinajstić information content (AvgIpc) is 1.63. The molecule has 0 spiro atoms. The number of nitrogens with one attached hydrogen (secondary N) is 3. The number of pyridine rings is 2. The zero-order valence-electron chi connectivity index (χ0n) is 57.9. The molecule has 1 aliphatic rings. The van der Waals surface area contributed by atoms with E-state index >= 15 is 0 Å². The number of benzene rings is 5. The third-order valence-electron chi connectivity index (χ3n) is 15.3. The molecular formula is C76H94N12O2S2. The number of rotatable bonds is 0. The fourth-order valence-electron chi connectivity index (χ4n) is 10.0. The maximum atomic E-state index is 11.4. The van der Waals surface area contributed by atoms with E-state index in [2.05, 4.69) is 256 Å². The molecule has 16 heteroatoms. The standard InChI is InChI=1S/C12H15NO.C11H14N2.C11H13NO.2C11H13NS.2C10H13N3/c1-12(2,3)9-5-4-8-7-13-11(14)10(8)6-9;1-11(2,3)10-8-6-4-5-7-9(8)12-13-10;1-11(2,3)10-8-6-4-5-7-9(8)13-12-10;1-11(2,3)8-4-5-9-10(6-8)13-7-12-9;1-11(2,3)10-12-8-6-4-5-7-9(8)13-10;1-10(2,3)8-5-4-6-13-7-11-12-9(8)13;1-10(2,3)8-7-5-4-6-11-9(7)13-12-8/h4-6H,7H2,1-3H3,(H,13,14);4-7H,1-3H3,(H,12,13);4*4-7H,1-3H3;4-6H,1-3H3,(H,11,12,13). The maximum Gasteiger partial charge on any atom is 0.251 e. The van der Waals surface area contributed by atoms with Gasteiger partial charge < -0.3 is 9.84 Å². The van der Waals surface area contributed by atoms with Gasteiger partial charge in [0.25, 0.3) is 5.91 Å². The fraction of sp³-hybridized carbons (Fsp3) is 0.382. The molecule has 14 rings (SSSR count). The summed E-state index contributed by atoms with van der Waals surface area (Å²) in [7, 11) is 0. The van der Waals surface area contributed by atoms with Gasteiger partial charge in [-0.3, -0.25) is 19.4 Å². The lowest BCUT2D eigenvalue weighted by atomic mass is 9.85. The van der Waals surface area contributed by atoms with E-state index in [4.69, 9.17) is 4.52 Å². The molecule has 0 saturated heterocycles. The minimum atomic E-state index is 0.0482. The summed E-state index contributed by atoms with van der Waals surface area (Å²) < 4.78 is 9.74. The summed E-state index contributed by atoms with van der Waals surface area (Å²) in [6, 6.07) is 45.2. The third kappa shape index (κ3) is 17.6. The Kier molecular flexibility index (Phi) is 21.0. The van der Waals surface area contributed by atoms with Crippen LogP contribution in [0, 0.1) is 0 Å². The largest absolute Gasteiger partial charge is 0.356 e. The molecule has 0 radical (unpaired) electrons. The Labute approximate surface area is 551 Å². The van der Waals surface area contributed by atoms with E-state index in [9.17, 15) is 4.79 Å². The van der Waals surface area contributed by atoms with E-state index in [0.29, 0.717) is 6.54 Å². The number of amides is 1. The molecule has 13 aromatic rings. The monoisotopic (exact) mass is 1270 g/mol. The number of para-hydroxylation sites is 3. The highest BCUT2D eigenvalue weighted by molar-refractivity contribution is 7.18. The first-order valence-electron chi connectivity index (χ1n) is 31.5. The van der Waals surface area contributed by atoms with Crippen LogP contribution in [0.2, 0.25) is 0 Å². The molecule has 9 heterocycles. The number of H-pyrrole nitrogens is 2. The highest BCUT2D eigenvalue weighted by Crippen LogP contribution is 2.34. The predicted molar refractivity (Wildman–Crippen MR) is 385 cm³/mol. The van der Waals surface area contributed by atoms with E-state index in [1.165, 1.54) is 42.2 Å². The van der Waals surface area contributed by atoms with Crippen LogP contribution < -0.4 is 5.32 Å². The molecule has 0 saturated carbocycles. The van der Waals surface area contributed by atoms with Crippen LogP contribution in [0.4, 0.5) is 0 Å². The number of thiazole rings is 2. The summed E-state index contributed by atoms with van der Waals surface area (Å²) in [5, 5.41) is 34.1. The van der Waals surface area contributed by atoms with Gasteiger partial charge in [-0.15, -0.1) is 32.9 Å². The summed E-state index contributed by atoms with van der Waals surface area (Å²) in [6.45, 7) is 46.4. The van der Waals surface area contributed by atoms with Crippen LogP contribution in [0.15, 0.2) is 162 Å². The van der Waals surface area contributed by atoms with Gasteiger partial charge in [0, 0.05) is 73.6 Å². The van der Waals surface area contributed by atoms with Crippen molar-refractivity contribution in [3.63, 3.8) is 0 Å². The molecular weight excluding hydrogens is 1180 g/mol. The Balaban J connectivity index is 0.000000138. The zero-order valence-corrected chi connectivity index (χ0v) is 59.5. The molecule has 0 atom stereocenters. The van der Waals surface area contributed by atoms with Crippen LogP contribution in [0.25, 0.3) is 59.0 Å². The van der Waals surface area contributed by atoms with Crippen LogP contribution in [-0.4, -0.2) is 61.0 Å². The van der Waals surface area contributed by atoms with Crippen LogP contribution in [0.3, 0.4) is 0 Å². The van der Waals surface area contributed by atoms with Crippen LogP contribution in [0.5, 0.6) is 0 Å². The van der Waals surface area contributed by atoms with Crippen molar-refractivity contribution in [3.05, 3.63) is 208 Å². The summed E-state index contributed by atoms with van der Waals surface area (Å²) in [5.41, 5.74) is 17.9. The van der Waals surface area contributed by atoms with Crippen molar-refractivity contribution in [1.82, 2.24) is 60.4 Å². The Morgan fingerprint density at radius 1 is 0.522 bits per heavy atom. The molecule has 0 fully saturated rings. The number of aromatic nitrogens is 11. The minimum Gasteiger partial charge on any atom is -0.356 e. The molecule has 8 aromatic heterocycles. The van der Waals surface area contributed by atoms with E-state index < -0.39 is 0 Å². The first-order chi connectivity index (χ1) is 43.0. The van der Waals surface area contributed by atoms with Crippen LogP contribution >= 0.6 is 22.7 Å². The highest BCUT2D eigenvalue weighted by Gasteiger charge is 2.25. The minimum absolute atomic E-state index is 0.0482. The summed E-state index contributed by atoms with van der Waals surface area (Å²) in [6.07, 6.45) is 5.45. The first-order valence-corrected chi connectivity index (χ1v) is 33.2. The number of fused-ring (bicyclic) bond motifs is 7. The second-order valence-corrected chi connectivity index (χ2v) is 32.3. The molecule has 5 aromatic carbocycles. The molecule has 0 bridgehead atoms. The summed E-state index contributed by atoms with van der Waals surface area (Å²) in [5.74, 6) is 0.0612. The van der Waals surface area contributed by atoms with Crippen molar-refractivity contribution in [2.24, 2.45) is 0 Å². The molecule has 1 amide bonds. The zero-order chi connectivity index (χ0) is 67.2. The number of carbonyl (C=O) groups is 1. The second-order valence-electron chi connectivity index (χ2n) is 30.4. The number of hydrogen-bond acceptors (Lipinski definition) is 12. The number of nitrogens with zero attached hydrogens (tertiary/aromatic N) is 9. The molecule has 92 heavy (non-hydrogen) atoms. The molecule has 482 valence electrons. The second kappa shape index (κ2) is 27.8. The van der Waals surface area contributed by atoms with Gasteiger partial charge in [-0.2, -0.15) is 10.2 Å². The molecule has 3 N–H and O–H groups in total. The first kappa shape index (κ1) is 69.4. The highest BCUT2D eigenvalue weighted by atomic mass is 32.1. The van der Waals surface area contributed by atoms with E-state index in [1.54, 1.807) is 35.2 Å². The predicted octanol–water partition coefficient (Wildman–Crippen LogP) is 19.7. The topological polar surface area (TPSA) is 181 Å². The van der Waals surface area contributed by atoms with Gasteiger partial charge in [0.15, 0.2) is 16.9 Å². The van der Waals surface area contributed by atoms with Gasteiger partial charge in [0.1, 0.15) is 6.33 Å². The normalized spacial score (nSPS) is 12.7. The van der Waals surface area contributed by atoms with E-state index in [1.807, 2.05) is 95.0 Å².